The van der Waals surface area contributed by atoms with Gasteiger partial charge in [0.2, 0.25) is 5.91 Å². The molecule has 5 rings (SSSR count). The third kappa shape index (κ3) is 3.33. The number of hydrogen-bond donors (Lipinski definition) is 0. The molecule has 1 spiro atoms. The SMILES string of the molecule is Cc1cc(CN2C(=O)CC3(CCN(Cc4ccccn4)CC3)n3nccc32)no1. The molecule has 0 bridgehead atoms. The maximum absolute atomic E-state index is 13.1. The van der Waals surface area contributed by atoms with Crippen LogP contribution in [0.25, 0.3) is 0 Å². The second-order valence-corrected chi connectivity index (χ2v) is 8.01. The van der Waals surface area contributed by atoms with Gasteiger partial charge in [-0.05, 0) is 31.9 Å². The Morgan fingerprint density at radius 2 is 1.97 bits per heavy atom. The van der Waals surface area contributed by atoms with Crippen molar-refractivity contribution in [2.24, 2.45) is 0 Å². The van der Waals surface area contributed by atoms with E-state index in [0.717, 1.165) is 55.4 Å². The molecule has 0 unspecified atom stereocenters. The highest BCUT2D eigenvalue weighted by Gasteiger charge is 2.45. The molecule has 1 fully saturated rings. The van der Waals surface area contributed by atoms with Crippen LogP contribution < -0.4 is 4.90 Å². The van der Waals surface area contributed by atoms with Crippen molar-refractivity contribution in [1.29, 1.82) is 0 Å². The van der Waals surface area contributed by atoms with Gasteiger partial charge in [0.25, 0.3) is 0 Å². The van der Waals surface area contributed by atoms with Gasteiger partial charge in [0.05, 0.1) is 30.4 Å². The van der Waals surface area contributed by atoms with Crippen LogP contribution in [-0.2, 0) is 23.4 Å². The second kappa shape index (κ2) is 7.11. The number of aromatic nitrogens is 4. The molecule has 8 nitrogen and oxygen atoms in total. The van der Waals surface area contributed by atoms with Crippen molar-refractivity contribution in [2.75, 3.05) is 18.0 Å². The van der Waals surface area contributed by atoms with Crippen LogP contribution in [0.2, 0.25) is 0 Å². The van der Waals surface area contributed by atoms with Crippen LogP contribution in [0, 0.1) is 6.92 Å². The number of fused-ring (bicyclic) bond motifs is 2. The molecule has 1 saturated heterocycles. The number of nitrogens with zero attached hydrogens (tertiary/aromatic N) is 6. The van der Waals surface area contributed by atoms with Crippen LogP contribution in [0.1, 0.15) is 36.4 Å². The lowest BCUT2D eigenvalue weighted by Gasteiger charge is -2.46. The maximum Gasteiger partial charge on any atom is 0.230 e. The van der Waals surface area contributed by atoms with Crippen LogP contribution in [0.15, 0.2) is 47.2 Å². The summed E-state index contributed by atoms with van der Waals surface area (Å²) in [5.74, 6) is 1.71. The zero-order valence-corrected chi connectivity index (χ0v) is 16.5. The fourth-order valence-electron chi connectivity index (χ4n) is 4.51. The highest BCUT2D eigenvalue weighted by atomic mass is 16.5. The van der Waals surface area contributed by atoms with E-state index in [-0.39, 0.29) is 11.4 Å². The van der Waals surface area contributed by atoms with Gasteiger partial charge in [-0.3, -0.25) is 19.6 Å². The number of amides is 1. The smallest absolute Gasteiger partial charge is 0.230 e. The standard InChI is InChI=1S/C21H24N6O2/c1-16-12-18(24-29-16)15-26-19-5-9-23-27(19)21(13-20(26)28)6-10-25(11-7-21)14-17-4-2-3-8-22-17/h2-5,8-9,12H,6-7,10-11,13-15H2,1H3. The predicted molar refractivity (Wildman–Crippen MR) is 106 cm³/mol. The number of likely N-dealkylation sites (tertiary alicyclic amines) is 1. The van der Waals surface area contributed by atoms with Crippen molar-refractivity contribution in [3.63, 3.8) is 0 Å². The zero-order chi connectivity index (χ0) is 19.8. The highest BCUT2D eigenvalue weighted by molar-refractivity contribution is 5.94. The molecular weight excluding hydrogens is 368 g/mol. The Kier molecular flexibility index (Phi) is 4.43. The van der Waals surface area contributed by atoms with E-state index in [1.165, 1.54) is 0 Å². The van der Waals surface area contributed by atoms with Crippen molar-refractivity contribution in [3.05, 3.63) is 59.9 Å². The van der Waals surface area contributed by atoms with E-state index in [0.29, 0.717) is 13.0 Å². The normalized spacial score (nSPS) is 18.9. The lowest BCUT2D eigenvalue weighted by molar-refractivity contribution is -0.123. The number of pyridine rings is 1. The molecule has 3 aromatic heterocycles. The third-order valence-electron chi connectivity index (χ3n) is 6.03. The van der Waals surface area contributed by atoms with E-state index in [2.05, 4.69) is 30.9 Å². The Bertz CT molecular complexity index is 1000. The summed E-state index contributed by atoms with van der Waals surface area (Å²) in [7, 11) is 0. The molecule has 0 saturated carbocycles. The molecule has 0 aromatic carbocycles. The number of anilines is 1. The maximum atomic E-state index is 13.1. The van der Waals surface area contributed by atoms with E-state index in [9.17, 15) is 4.79 Å². The highest BCUT2D eigenvalue weighted by Crippen LogP contribution is 2.41. The van der Waals surface area contributed by atoms with E-state index < -0.39 is 0 Å². The number of rotatable bonds is 4. The number of carbonyl (C=O) groups is 1. The summed E-state index contributed by atoms with van der Waals surface area (Å²) >= 11 is 0. The Morgan fingerprint density at radius 1 is 1.10 bits per heavy atom. The van der Waals surface area contributed by atoms with Crippen molar-refractivity contribution >= 4 is 11.7 Å². The van der Waals surface area contributed by atoms with E-state index in [1.54, 1.807) is 11.1 Å². The first-order valence-corrected chi connectivity index (χ1v) is 10.0. The van der Waals surface area contributed by atoms with Gasteiger partial charge in [-0.2, -0.15) is 5.10 Å². The van der Waals surface area contributed by atoms with Crippen LogP contribution in [-0.4, -0.2) is 43.8 Å². The van der Waals surface area contributed by atoms with E-state index in [4.69, 9.17) is 4.52 Å². The molecule has 0 atom stereocenters. The van der Waals surface area contributed by atoms with E-state index in [1.807, 2.05) is 37.4 Å². The van der Waals surface area contributed by atoms with Crippen molar-refractivity contribution in [3.8, 4) is 0 Å². The third-order valence-corrected chi connectivity index (χ3v) is 6.03. The molecule has 3 aromatic rings. The minimum absolute atomic E-state index is 0.122. The van der Waals surface area contributed by atoms with Gasteiger partial charge < -0.3 is 4.52 Å². The largest absolute Gasteiger partial charge is 0.361 e. The average molecular weight is 392 g/mol. The van der Waals surface area contributed by atoms with Gasteiger partial charge in [0, 0.05) is 38.0 Å². The topological polar surface area (TPSA) is 80.3 Å². The lowest BCUT2D eigenvalue weighted by Crippen LogP contribution is -2.53. The molecule has 150 valence electrons. The monoisotopic (exact) mass is 392 g/mol. The van der Waals surface area contributed by atoms with Gasteiger partial charge in [-0.25, -0.2) is 4.68 Å². The lowest BCUT2D eigenvalue weighted by atomic mass is 9.82. The van der Waals surface area contributed by atoms with Crippen molar-refractivity contribution in [1.82, 2.24) is 24.8 Å². The van der Waals surface area contributed by atoms with Gasteiger partial charge in [0.1, 0.15) is 17.3 Å². The number of piperidine rings is 1. The summed E-state index contributed by atoms with van der Waals surface area (Å²) in [6, 6.07) is 9.81. The minimum atomic E-state index is -0.243. The summed E-state index contributed by atoms with van der Waals surface area (Å²) < 4.78 is 7.23. The fourth-order valence-corrected chi connectivity index (χ4v) is 4.51. The summed E-state index contributed by atoms with van der Waals surface area (Å²) in [5, 5.41) is 8.67. The average Bonchev–Trinajstić information content (AvgIpc) is 3.37. The summed E-state index contributed by atoms with van der Waals surface area (Å²) in [5.41, 5.74) is 1.59. The number of aryl methyl sites for hydroxylation is 1. The Morgan fingerprint density at radius 3 is 2.69 bits per heavy atom. The quantitative estimate of drug-likeness (QED) is 0.679. The van der Waals surface area contributed by atoms with Crippen LogP contribution in [0.4, 0.5) is 5.82 Å². The molecular formula is C21H24N6O2. The molecule has 2 aliphatic rings. The minimum Gasteiger partial charge on any atom is -0.361 e. The molecule has 29 heavy (non-hydrogen) atoms. The molecule has 8 heteroatoms. The first-order chi connectivity index (χ1) is 14.1. The molecule has 0 radical (unpaired) electrons. The Balaban J connectivity index is 1.34. The summed E-state index contributed by atoms with van der Waals surface area (Å²) in [6.45, 7) is 4.95. The molecule has 2 aliphatic heterocycles. The zero-order valence-electron chi connectivity index (χ0n) is 16.5. The van der Waals surface area contributed by atoms with Gasteiger partial charge in [-0.1, -0.05) is 11.2 Å². The number of hydrogen-bond acceptors (Lipinski definition) is 6. The van der Waals surface area contributed by atoms with Crippen molar-refractivity contribution < 1.29 is 9.32 Å². The number of carbonyl (C=O) groups excluding carboxylic acids is 1. The van der Waals surface area contributed by atoms with Crippen LogP contribution >= 0.6 is 0 Å². The second-order valence-electron chi connectivity index (χ2n) is 8.01. The van der Waals surface area contributed by atoms with Gasteiger partial charge in [-0.15, -0.1) is 0 Å². The van der Waals surface area contributed by atoms with Crippen molar-refractivity contribution in [2.45, 2.75) is 44.8 Å². The van der Waals surface area contributed by atoms with Gasteiger partial charge in [0.15, 0.2) is 0 Å². The Hall–Kier alpha value is -3.00. The molecule has 1 amide bonds. The first-order valence-electron chi connectivity index (χ1n) is 10.0. The predicted octanol–water partition coefficient (Wildman–Crippen LogP) is 2.50. The molecule has 5 heterocycles. The summed E-state index contributed by atoms with van der Waals surface area (Å²) in [4.78, 5) is 21.7. The Labute approximate surface area is 169 Å². The first kappa shape index (κ1) is 18.1. The van der Waals surface area contributed by atoms with E-state index >= 15 is 0 Å². The molecule has 0 aliphatic carbocycles. The molecule has 0 N–H and O–H groups in total. The van der Waals surface area contributed by atoms with Crippen LogP contribution in [0.3, 0.4) is 0 Å². The van der Waals surface area contributed by atoms with Gasteiger partial charge >= 0.3 is 0 Å². The van der Waals surface area contributed by atoms with Crippen LogP contribution in [0.5, 0.6) is 0 Å². The summed E-state index contributed by atoms with van der Waals surface area (Å²) in [6.07, 6.45) is 5.89. The fraction of sp³-hybridized carbons (Fsp3) is 0.429.